The van der Waals surface area contributed by atoms with Crippen LogP contribution in [0.4, 0.5) is 0 Å². The number of likely N-dealkylation sites (N-methyl/N-ethyl adjacent to an activating group) is 1. The molecule has 550 valence electrons. The summed E-state index contributed by atoms with van der Waals surface area (Å²) in [6, 6.07) is -1.80. The molecule has 8 heterocycles. The fourth-order valence-electron chi connectivity index (χ4n) is 12.3. The Morgan fingerprint density at radius 1 is 0.458 bits per heavy atom. The Bertz CT molecular complexity index is 2660. The van der Waals surface area contributed by atoms with E-state index in [1.54, 1.807) is 27.1 Å². The van der Waals surface area contributed by atoms with Crippen molar-refractivity contribution in [3.63, 3.8) is 0 Å². The lowest BCUT2D eigenvalue weighted by atomic mass is 9.87. The summed E-state index contributed by atoms with van der Waals surface area (Å²) in [6.07, 6.45) is -39.0. The Balaban J connectivity index is 0.636. The number of ether oxygens (including phenoxy) is 14. The first-order valence-corrected chi connectivity index (χ1v) is 31.8. The quantitative estimate of drug-likeness (QED) is 0.0246. The Morgan fingerprint density at radius 3 is 1.23 bits per heavy atom. The van der Waals surface area contributed by atoms with Gasteiger partial charge < -0.3 is 169 Å². The second-order valence-electron chi connectivity index (χ2n) is 24.6. The van der Waals surface area contributed by atoms with Crippen LogP contribution in [0.5, 0.6) is 0 Å². The van der Waals surface area contributed by atoms with Crippen LogP contribution in [0.2, 0.25) is 0 Å². The van der Waals surface area contributed by atoms with Crippen LogP contribution < -0.4 is 10.6 Å². The van der Waals surface area contributed by atoms with Crippen molar-refractivity contribution in [3.05, 3.63) is 35.4 Å². The van der Waals surface area contributed by atoms with Crippen molar-refractivity contribution >= 4 is 0 Å². The van der Waals surface area contributed by atoms with E-state index >= 15 is 0 Å². The van der Waals surface area contributed by atoms with Crippen molar-refractivity contribution in [1.82, 2.24) is 40.6 Å². The first-order valence-electron chi connectivity index (χ1n) is 31.8. The van der Waals surface area contributed by atoms with Crippen LogP contribution in [0.1, 0.15) is 38.1 Å². The molecule has 2 aromatic heterocycles. The molecule has 0 bridgehead atoms. The van der Waals surface area contributed by atoms with Gasteiger partial charge in [-0.15, -0.1) is 10.2 Å². The molecule has 96 heavy (non-hydrogen) atoms. The van der Waals surface area contributed by atoms with E-state index in [1.807, 2.05) is 0 Å². The highest BCUT2D eigenvalue weighted by Crippen LogP contribution is 2.36. The molecule has 20 N–H and O–H groups in total. The summed E-state index contributed by atoms with van der Waals surface area (Å²) in [5.41, 5.74) is 0.673. The van der Waals surface area contributed by atoms with Gasteiger partial charge in [0, 0.05) is 12.1 Å². The van der Waals surface area contributed by atoms with E-state index in [4.69, 9.17) is 66.3 Å². The van der Waals surface area contributed by atoms with Gasteiger partial charge in [0.1, 0.15) is 140 Å². The van der Waals surface area contributed by atoms with E-state index in [-0.39, 0.29) is 82.9 Å². The van der Waals surface area contributed by atoms with Crippen LogP contribution in [0.25, 0.3) is 0 Å². The lowest BCUT2D eigenvalue weighted by Crippen LogP contribution is -2.66. The maximum absolute atomic E-state index is 11.3. The SMILES string of the molecule is CN[C@@H]1C[C@@H](O)C(OC2C(CO)OC(OC3C(CO)OC(OCc4cn(CCOCCOCCn5cc(COC6OC(CO)C(OC7OC(CO)C(OC8OC(C)[C@@H](N[C@H]9C=C(CO)[C@@H](O)[C@H](O)[C@@H]9O)C[C@@H]8O)C(O)C7O)C(O)C6O)nn5)nn4)C(O)C3O)C(O)C2O)OC1C. The first-order chi connectivity index (χ1) is 46.0. The maximum Gasteiger partial charge on any atom is 0.187 e. The van der Waals surface area contributed by atoms with Gasteiger partial charge in [0.2, 0.25) is 0 Å². The van der Waals surface area contributed by atoms with Crippen molar-refractivity contribution in [2.24, 2.45) is 0 Å². The third kappa shape index (κ3) is 18.3. The van der Waals surface area contributed by atoms with Crippen LogP contribution in [0, 0.1) is 0 Å². The Labute approximate surface area is 548 Å². The Kier molecular flexibility index (Phi) is 28.4. The molecule has 6 aliphatic heterocycles. The van der Waals surface area contributed by atoms with E-state index < -0.39 is 223 Å². The molecule has 6 fully saturated rings. The monoisotopic (exact) mass is 1390 g/mol. The molecule has 1 aliphatic carbocycles. The Hall–Kier alpha value is -3.34. The first kappa shape index (κ1) is 76.8. The van der Waals surface area contributed by atoms with Crippen molar-refractivity contribution in [3.8, 4) is 0 Å². The number of nitrogens with one attached hydrogen (secondary N) is 2. The fourth-order valence-corrected chi connectivity index (χ4v) is 12.3. The zero-order chi connectivity index (χ0) is 69.2. The minimum Gasteiger partial charge on any atom is -0.394 e. The number of hydrogen-bond donors (Lipinski definition) is 20. The zero-order valence-corrected chi connectivity index (χ0v) is 52.8. The summed E-state index contributed by atoms with van der Waals surface area (Å²) in [4.78, 5) is 0. The molecular formula is C56H94N8O32. The molecule has 40 heteroatoms. The van der Waals surface area contributed by atoms with Crippen molar-refractivity contribution in [1.29, 1.82) is 0 Å². The molecule has 0 spiro atoms. The van der Waals surface area contributed by atoms with Crippen LogP contribution in [-0.4, -0.2) is 385 Å². The number of aliphatic hydroxyl groups excluding tert-OH is 18. The van der Waals surface area contributed by atoms with Crippen molar-refractivity contribution < 1.29 is 158 Å². The summed E-state index contributed by atoms with van der Waals surface area (Å²) in [5.74, 6) is 0. The average Bonchev–Trinajstić information content (AvgIpc) is 1.02. The minimum absolute atomic E-state index is 0.0642. The van der Waals surface area contributed by atoms with Gasteiger partial charge in [-0.05, 0) is 39.3 Å². The predicted octanol–water partition coefficient (Wildman–Crippen LogP) is -12.1. The van der Waals surface area contributed by atoms with Crippen LogP contribution in [0.15, 0.2) is 24.0 Å². The van der Waals surface area contributed by atoms with Gasteiger partial charge in [-0.3, -0.25) is 0 Å². The molecule has 6 saturated heterocycles. The topological polar surface area (TPSA) is 579 Å². The number of hydrogen-bond acceptors (Lipinski definition) is 38. The average molecular weight is 1390 g/mol. The van der Waals surface area contributed by atoms with E-state index in [0.717, 1.165) is 0 Å². The van der Waals surface area contributed by atoms with Crippen molar-refractivity contribution in [2.75, 3.05) is 66.5 Å². The molecule has 9 rings (SSSR count). The predicted molar refractivity (Wildman–Crippen MR) is 308 cm³/mol. The molecule has 7 aliphatic rings. The summed E-state index contributed by atoms with van der Waals surface area (Å²) in [6.45, 7) is 0.499. The molecule has 0 radical (unpaired) electrons. The number of aliphatic hydroxyl groups is 18. The third-order valence-corrected chi connectivity index (χ3v) is 17.9. The second kappa shape index (κ2) is 35.5. The molecule has 0 amide bonds. The fraction of sp³-hybridized carbons (Fsp3) is 0.893. The Morgan fingerprint density at radius 2 is 0.833 bits per heavy atom. The maximum atomic E-state index is 11.3. The zero-order valence-electron chi connectivity index (χ0n) is 52.8. The third-order valence-electron chi connectivity index (χ3n) is 17.9. The number of nitrogens with zero attached hydrogens (tertiary/aromatic N) is 6. The molecule has 0 aromatic carbocycles. The smallest absolute Gasteiger partial charge is 0.187 e. The molecule has 2 aromatic rings. The minimum atomic E-state index is -1.94. The van der Waals surface area contributed by atoms with Gasteiger partial charge in [0.15, 0.2) is 37.7 Å². The standard InChI is InChI=1S/C56H94N8O32/c1-22-27(57-3)11-30(70)51(87-22)93-47-34(18-68)91-55(45(81)41(47)77)95-49-32(16-66)89-53(43(79)39(49)75)85-20-25-13-63(61-59-25)4-6-83-8-9-84-7-5-64-14-26(60-62-64)21-86-54-44(80)40(76)50(33(17-67)90-54)96-56-46(82)42(78)48(35(19-69)92-56)94-52-31(71)12-28(23(2)88-52)58-29-10-24(15-65)36(72)38(74)37(29)73/h10,13-14,22-23,27-58,65-82H,4-9,11-12,15-21H2,1-3H3/t22?,23?,27-,28+,29+,30-,31+,32?,33?,34?,35?,36-,37-,38+,39?,40?,41?,42?,43?,44?,45?,46?,47?,48?,49?,50?,51?,52?,53?,54?,55?,56?/m1/s1. The largest absolute Gasteiger partial charge is 0.394 e. The van der Waals surface area contributed by atoms with Gasteiger partial charge in [-0.1, -0.05) is 16.5 Å². The lowest BCUT2D eigenvalue weighted by Gasteiger charge is -2.48. The van der Waals surface area contributed by atoms with E-state index in [1.165, 1.54) is 21.6 Å². The molecule has 24 unspecified atom stereocenters. The summed E-state index contributed by atoms with van der Waals surface area (Å²) < 4.78 is 83.6. The van der Waals surface area contributed by atoms with Crippen LogP contribution in [-0.2, 0) is 92.6 Å². The molecule has 0 saturated carbocycles. The number of aromatic nitrogens is 6. The van der Waals surface area contributed by atoms with Gasteiger partial charge in [-0.2, -0.15) is 0 Å². The van der Waals surface area contributed by atoms with Crippen LogP contribution in [0.3, 0.4) is 0 Å². The van der Waals surface area contributed by atoms with Crippen molar-refractivity contribution in [2.45, 2.75) is 249 Å². The lowest BCUT2D eigenvalue weighted by molar-refractivity contribution is -0.374. The van der Waals surface area contributed by atoms with Gasteiger partial charge >= 0.3 is 0 Å². The highest BCUT2D eigenvalue weighted by molar-refractivity contribution is 5.22. The van der Waals surface area contributed by atoms with E-state index in [0.29, 0.717) is 5.69 Å². The van der Waals surface area contributed by atoms with E-state index in [9.17, 15) is 91.9 Å². The molecule has 32 atom stereocenters. The normalized spacial score (nSPS) is 43.3. The number of rotatable bonds is 31. The molecular weight excluding hydrogens is 1300 g/mol. The van der Waals surface area contributed by atoms with Gasteiger partial charge in [0.05, 0.1) is 116 Å². The highest BCUT2D eigenvalue weighted by atomic mass is 16.8. The highest BCUT2D eigenvalue weighted by Gasteiger charge is 2.55. The summed E-state index contributed by atoms with van der Waals surface area (Å²) in [5, 5.41) is 214. The van der Waals surface area contributed by atoms with Gasteiger partial charge in [-0.25, -0.2) is 9.36 Å². The molecule has 40 nitrogen and oxygen atoms in total. The van der Waals surface area contributed by atoms with Gasteiger partial charge in [0.25, 0.3) is 0 Å². The summed E-state index contributed by atoms with van der Waals surface area (Å²) in [7, 11) is 1.71. The van der Waals surface area contributed by atoms with E-state index in [2.05, 4.69) is 31.3 Å². The summed E-state index contributed by atoms with van der Waals surface area (Å²) >= 11 is 0. The second-order valence-corrected chi connectivity index (χ2v) is 24.6. The van der Waals surface area contributed by atoms with Crippen LogP contribution >= 0.6 is 0 Å².